The predicted molar refractivity (Wildman–Crippen MR) is 153 cm³/mol. The second kappa shape index (κ2) is 12.2. The largest absolute Gasteiger partial charge is 1.00 e. The Kier molecular flexibility index (Phi) is 9.27. The van der Waals surface area contributed by atoms with Gasteiger partial charge in [0.25, 0.3) is 0 Å². The molecule has 2 aliphatic rings. The number of aryl methyl sites for hydroxylation is 2. The quantitative estimate of drug-likeness (QED) is 0.179. The maximum absolute atomic E-state index is 2.52. The van der Waals surface area contributed by atoms with Crippen molar-refractivity contribution in [1.29, 1.82) is 0 Å². The third kappa shape index (κ3) is 6.03. The number of fused-ring (bicyclic) bond motifs is 6. The molecule has 0 aromatic heterocycles. The molecule has 2 aliphatic heterocycles. The standard InChI is InChI=1S/2C14H11.C4H4Si2.2ClH.Zr/c2*1-10-8-12-7-6-11-4-2-3-5-13(11)14(12)9-10;1-2-6-4-3-5-1;;;/h2*2-9H,1H3;1-4H;2*1H;/q2*-1;;;;/p-2. The summed E-state index contributed by atoms with van der Waals surface area (Å²) >= 11 is 0.243. The predicted octanol–water partition coefficient (Wildman–Crippen LogP) is 2.40. The van der Waals surface area contributed by atoms with Gasteiger partial charge in [-0.15, -0.1) is 56.9 Å². The Morgan fingerprint density at radius 1 is 0.514 bits per heavy atom. The number of hydrogen-bond acceptors (Lipinski definition) is 0. The smallest absolute Gasteiger partial charge is 0.0370 e. The maximum Gasteiger partial charge on any atom is -0.0370 e. The van der Waals surface area contributed by atoms with Crippen LogP contribution in [0.15, 0.2) is 120 Å². The van der Waals surface area contributed by atoms with Crippen LogP contribution in [0.3, 0.4) is 0 Å². The van der Waals surface area contributed by atoms with Crippen molar-refractivity contribution in [2.75, 3.05) is 0 Å². The summed E-state index contributed by atoms with van der Waals surface area (Å²) in [5.41, 5.74) is 13.1. The molecule has 37 heavy (non-hydrogen) atoms. The van der Waals surface area contributed by atoms with Crippen molar-refractivity contribution in [1.82, 2.24) is 0 Å². The van der Waals surface area contributed by atoms with E-state index < -0.39 is 0 Å². The Balaban J connectivity index is 0.000000133. The van der Waals surface area contributed by atoms with E-state index in [1.807, 2.05) is 0 Å². The van der Waals surface area contributed by atoms with Gasteiger partial charge in [-0.25, -0.2) is 0 Å². The summed E-state index contributed by atoms with van der Waals surface area (Å²) in [6.45, 7) is 4.30. The molecule has 6 aromatic carbocycles. The average Bonchev–Trinajstić information content (AvgIpc) is 3.68. The van der Waals surface area contributed by atoms with Crippen molar-refractivity contribution in [3.8, 4) is 0 Å². The number of benzene rings is 4. The molecule has 0 atom stereocenters. The first-order valence-electron chi connectivity index (χ1n) is 12.1. The first kappa shape index (κ1) is 28.0. The molecule has 6 aromatic rings. The van der Waals surface area contributed by atoms with Gasteiger partial charge in [-0.2, -0.15) is 12.1 Å². The van der Waals surface area contributed by atoms with Crippen molar-refractivity contribution < 1.29 is 45.3 Å². The molecule has 0 spiro atoms. The summed E-state index contributed by atoms with van der Waals surface area (Å²) < 4.78 is 0. The molecule has 0 unspecified atom stereocenters. The first-order valence-corrected chi connectivity index (χ1v) is 22.8. The van der Waals surface area contributed by atoms with Crippen LogP contribution in [0.4, 0.5) is 0 Å². The van der Waals surface area contributed by atoms with E-state index in [0.29, 0.717) is 0 Å². The molecule has 5 heteroatoms. The van der Waals surface area contributed by atoms with Crippen molar-refractivity contribution in [3.63, 3.8) is 0 Å². The molecular weight excluding hydrogens is 603 g/mol. The second-order valence-electron chi connectivity index (χ2n) is 9.35. The molecule has 0 saturated carbocycles. The van der Waals surface area contributed by atoms with E-state index in [4.69, 9.17) is 0 Å². The topological polar surface area (TPSA) is 0 Å². The molecule has 0 fully saturated rings. The molecule has 0 amide bonds. The second-order valence-corrected chi connectivity index (χ2v) is 27.5. The van der Waals surface area contributed by atoms with Crippen LogP contribution in [0, 0.1) is 13.8 Å². The van der Waals surface area contributed by atoms with E-state index in [-0.39, 0.29) is 56.1 Å². The molecular formula is C32H26Cl2Si2Zr-4. The van der Waals surface area contributed by atoms with Gasteiger partial charge >= 0.3 is 54.1 Å². The molecule has 8 rings (SSSR count). The summed E-state index contributed by atoms with van der Waals surface area (Å²) in [7, 11) is 0. The van der Waals surface area contributed by atoms with E-state index in [1.54, 1.807) is 0 Å². The van der Waals surface area contributed by atoms with Crippen molar-refractivity contribution in [3.05, 3.63) is 131 Å². The minimum absolute atomic E-state index is 0. The van der Waals surface area contributed by atoms with Gasteiger partial charge in [0.2, 0.25) is 0 Å². The Hall–Kier alpha value is -2.00. The van der Waals surface area contributed by atoms with Gasteiger partial charge < -0.3 is 24.8 Å². The van der Waals surface area contributed by atoms with E-state index in [1.165, 1.54) is 54.2 Å². The number of hydrogen-bond donors (Lipinski definition) is 0. The van der Waals surface area contributed by atoms with Crippen LogP contribution in [0.5, 0.6) is 0 Å². The van der Waals surface area contributed by atoms with Crippen LogP contribution < -0.4 is 24.8 Å². The van der Waals surface area contributed by atoms with Gasteiger partial charge in [0.1, 0.15) is 0 Å². The molecule has 0 saturated heterocycles. The molecule has 0 nitrogen and oxygen atoms in total. The Morgan fingerprint density at radius 3 is 1.30 bits per heavy atom. The molecule has 2 bridgehead atoms. The van der Waals surface area contributed by atoms with Gasteiger partial charge in [-0.3, -0.25) is 0 Å². The third-order valence-corrected chi connectivity index (χ3v) is 29.5. The fourth-order valence-electron chi connectivity index (χ4n) is 5.03. The van der Waals surface area contributed by atoms with Crippen LogP contribution in [-0.2, 0) is 20.5 Å². The summed E-state index contributed by atoms with van der Waals surface area (Å²) in [5, 5.41) is 10.8. The van der Waals surface area contributed by atoms with E-state index in [0.717, 1.165) is 0 Å². The normalized spacial score (nSPS) is 12.4. The summed E-state index contributed by atoms with van der Waals surface area (Å²) in [6.07, 6.45) is 0. The number of rotatable bonds is 0. The molecule has 0 radical (unpaired) electrons. The fourth-order valence-corrected chi connectivity index (χ4v) is 32.9. The first-order chi connectivity index (χ1) is 17.1. The van der Waals surface area contributed by atoms with Crippen LogP contribution in [-0.4, -0.2) is 10.9 Å². The molecule has 2 heterocycles. The van der Waals surface area contributed by atoms with Gasteiger partial charge in [0.05, 0.1) is 0 Å². The molecule has 0 N–H and O–H groups in total. The van der Waals surface area contributed by atoms with Gasteiger partial charge in [0.15, 0.2) is 0 Å². The fraction of sp³-hybridized carbons (Fsp3) is 0.0625. The SMILES string of the molecule is C1=C[Si]2=[Zr]=[Si]1C=C2.Cc1cc2c(ccc3ccccc32)[cH-]1.Cc1cc2c(ccc3ccccc32)[cH-]1.[Cl-].[Cl-]. The monoisotopic (exact) mass is 626 g/mol. The summed E-state index contributed by atoms with van der Waals surface area (Å²) in [4.78, 5) is 0. The van der Waals surface area contributed by atoms with Crippen LogP contribution in [0.1, 0.15) is 11.1 Å². The Bertz CT molecular complexity index is 1710. The van der Waals surface area contributed by atoms with Crippen LogP contribution in [0.2, 0.25) is 0 Å². The van der Waals surface area contributed by atoms with Gasteiger partial charge in [-0.05, 0) is 10.8 Å². The van der Waals surface area contributed by atoms with Gasteiger partial charge in [0, 0.05) is 0 Å². The van der Waals surface area contributed by atoms with Crippen LogP contribution >= 0.6 is 0 Å². The van der Waals surface area contributed by atoms with E-state index in [2.05, 4.69) is 134 Å². The van der Waals surface area contributed by atoms with Gasteiger partial charge in [-0.1, -0.05) is 85.3 Å². The van der Waals surface area contributed by atoms with Crippen molar-refractivity contribution >= 4 is 54.0 Å². The van der Waals surface area contributed by atoms with Crippen molar-refractivity contribution in [2.24, 2.45) is 0 Å². The maximum atomic E-state index is 2.52. The minimum Gasteiger partial charge on any atom is -1.00 e. The zero-order valence-electron chi connectivity index (χ0n) is 20.8. The Labute approximate surface area is 242 Å². The third-order valence-electron chi connectivity index (χ3n) is 6.69. The molecule has 0 aliphatic carbocycles. The Morgan fingerprint density at radius 2 is 0.919 bits per heavy atom. The van der Waals surface area contributed by atoms with Crippen LogP contribution in [0.25, 0.3) is 43.1 Å². The van der Waals surface area contributed by atoms with E-state index in [9.17, 15) is 0 Å². The zero-order valence-corrected chi connectivity index (χ0v) is 26.8. The minimum atomic E-state index is 0. The molecule has 184 valence electrons. The zero-order chi connectivity index (χ0) is 23.8. The van der Waals surface area contributed by atoms with E-state index >= 15 is 0 Å². The van der Waals surface area contributed by atoms with Crippen molar-refractivity contribution in [2.45, 2.75) is 13.8 Å². The summed E-state index contributed by atoms with van der Waals surface area (Å²) in [5.74, 6) is 0. The number of halogens is 2. The summed E-state index contributed by atoms with van der Waals surface area (Å²) in [6, 6.07) is 34.9. The average molecular weight is 629 g/mol.